The highest BCUT2D eigenvalue weighted by atomic mass is 16.2. The Balaban J connectivity index is 1.90. The first kappa shape index (κ1) is 21.1. The number of benzene rings is 1. The molecule has 148 valence electrons. The van der Waals surface area contributed by atoms with Gasteiger partial charge < -0.3 is 0 Å². The zero-order valence-electron chi connectivity index (χ0n) is 16.9. The number of amides is 2. The van der Waals surface area contributed by atoms with Gasteiger partial charge in [-0.05, 0) is 44.1 Å². The summed E-state index contributed by atoms with van der Waals surface area (Å²) in [5, 5.41) is 2.90. The van der Waals surface area contributed by atoms with E-state index in [2.05, 4.69) is 12.1 Å². The van der Waals surface area contributed by atoms with Crippen molar-refractivity contribution in [3.63, 3.8) is 0 Å². The Morgan fingerprint density at radius 2 is 1.59 bits per heavy atom. The van der Waals surface area contributed by atoms with Crippen LogP contribution in [0.15, 0.2) is 30.3 Å². The van der Waals surface area contributed by atoms with Crippen LogP contribution in [0.4, 0.5) is 0 Å². The average Bonchev–Trinajstić information content (AvgIpc) is 2.70. The van der Waals surface area contributed by atoms with Crippen LogP contribution < -0.4 is 0 Å². The molecule has 0 radical (unpaired) electrons. The lowest BCUT2D eigenvalue weighted by Gasteiger charge is -2.39. The third kappa shape index (κ3) is 5.65. The minimum absolute atomic E-state index is 0.0572. The molecule has 0 aromatic heterocycles. The van der Waals surface area contributed by atoms with E-state index in [1.165, 1.54) is 15.6 Å². The van der Waals surface area contributed by atoms with Crippen molar-refractivity contribution in [2.24, 2.45) is 5.41 Å². The van der Waals surface area contributed by atoms with Crippen molar-refractivity contribution >= 4 is 17.6 Å². The van der Waals surface area contributed by atoms with Gasteiger partial charge in [-0.25, -0.2) is 5.01 Å². The summed E-state index contributed by atoms with van der Waals surface area (Å²) in [6.45, 7) is 6.43. The first-order valence-electron chi connectivity index (χ1n) is 10.1. The van der Waals surface area contributed by atoms with E-state index < -0.39 is 17.1 Å². The van der Waals surface area contributed by atoms with Gasteiger partial charge >= 0.3 is 5.91 Å². The average molecular weight is 373 g/mol. The van der Waals surface area contributed by atoms with E-state index >= 15 is 0 Å². The Hall–Kier alpha value is -2.17. The van der Waals surface area contributed by atoms with Gasteiger partial charge in [-0.2, -0.15) is 0 Å². The number of aryl methyl sites for hydroxylation is 1. The molecule has 1 saturated heterocycles. The molecule has 2 rings (SSSR count). The van der Waals surface area contributed by atoms with E-state index in [4.69, 9.17) is 0 Å². The Kier molecular flexibility index (Phi) is 7.57. The van der Waals surface area contributed by atoms with Gasteiger partial charge in [0, 0.05) is 24.9 Å². The second-order valence-electron chi connectivity index (χ2n) is 7.91. The molecule has 0 atom stereocenters. The van der Waals surface area contributed by atoms with Gasteiger partial charge in [0.05, 0.1) is 0 Å². The monoisotopic (exact) mass is 372 g/mol. The maximum Gasteiger partial charge on any atom is 0.309 e. The van der Waals surface area contributed by atoms with Crippen molar-refractivity contribution in [2.75, 3.05) is 13.1 Å². The molecule has 0 bridgehead atoms. The molecule has 1 aliphatic rings. The molecule has 1 heterocycles. The first-order chi connectivity index (χ1) is 12.9. The lowest BCUT2D eigenvalue weighted by Crippen LogP contribution is -2.56. The molecule has 0 aliphatic carbocycles. The van der Waals surface area contributed by atoms with E-state index in [9.17, 15) is 14.4 Å². The number of carbonyl (C=O) groups excluding carboxylic acids is 3. The Bertz CT molecular complexity index is 655. The molecule has 5 heteroatoms. The van der Waals surface area contributed by atoms with Crippen LogP contribution >= 0.6 is 0 Å². The molecule has 1 fully saturated rings. The highest BCUT2D eigenvalue weighted by molar-refractivity contribution is 6.37. The van der Waals surface area contributed by atoms with Crippen LogP contribution in [0.3, 0.4) is 0 Å². The summed E-state index contributed by atoms with van der Waals surface area (Å²) >= 11 is 0. The fraction of sp³-hybridized carbons (Fsp3) is 0.591. The summed E-state index contributed by atoms with van der Waals surface area (Å²) in [4.78, 5) is 38.0. The van der Waals surface area contributed by atoms with Crippen molar-refractivity contribution in [2.45, 2.75) is 65.7 Å². The molecule has 0 N–H and O–H groups in total. The van der Waals surface area contributed by atoms with E-state index in [0.29, 0.717) is 25.9 Å². The summed E-state index contributed by atoms with van der Waals surface area (Å²) in [7, 11) is 0. The topological polar surface area (TPSA) is 57.7 Å². The van der Waals surface area contributed by atoms with Crippen molar-refractivity contribution in [1.82, 2.24) is 10.0 Å². The van der Waals surface area contributed by atoms with Gasteiger partial charge in [0.25, 0.3) is 0 Å². The van der Waals surface area contributed by atoms with Crippen molar-refractivity contribution in [3.05, 3.63) is 35.9 Å². The number of carbonyl (C=O) groups is 3. The SMILES string of the molecule is CCC(C)(C)C(=O)C(=O)N1CCCCN1C(=O)CCCCc1ccccc1. The maximum absolute atomic E-state index is 12.7. The predicted molar refractivity (Wildman–Crippen MR) is 106 cm³/mol. The summed E-state index contributed by atoms with van der Waals surface area (Å²) in [5.74, 6) is -1.01. The van der Waals surface area contributed by atoms with E-state index in [1.54, 1.807) is 13.8 Å². The molecule has 0 saturated carbocycles. The number of Topliss-reactive ketones (excluding diaryl/α,β-unsaturated/α-hetero) is 1. The van der Waals surface area contributed by atoms with Crippen LogP contribution in [0.2, 0.25) is 0 Å². The van der Waals surface area contributed by atoms with Gasteiger partial charge in [-0.3, -0.25) is 19.4 Å². The van der Waals surface area contributed by atoms with Gasteiger partial charge in [-0.1, -0.05) is 51.1 Å². The van der Waals surface area contributed by atoms with Crippen LogP contribution in [0.5, 0.6) is 0 Å². The van der Waals surface area contributed by atoms with Gasteiger partial charge in [0.15, 0.2) is 0 Å². The summed E-state index contributed by atoms with van der Waals surface area (Å²) in [6.07, 6.45) is 5.34. The maximum atomic E-state index is 12.7. The Labute approximate surface area is 162 Å². The first-order valence-corrected chi connectivity index (χ1v) is 10.1. The summed E-state index contributed by atoms with van der Waals surface area (Å²) in [5.41, 5.74) is 0.575. The molecule has 27 heavy (non-hydrogen) atoms. The van der Waals surface area contributed by atoms with Gasteiger partial charge in [-0.15, -0.1) is 0 Å². The lowest BCUT2D eigenvalue weighted by atomic mass is 9.84. The van der Waals surface area contributed by atoms with Crippen molar-refractivity contribution in [1.29, 1.82) is 0 Å². The number of unbranched alkanes of at least 4 members (excludes halogenated alkanes) is 1. The zero-order valence-corrected chi connectivity index (χ0v) is 16.9. The van der Waals surface area contributed by atoms with Crippen LogP contribution in [0.1, 0.15) is 64.9 Å². The van der Waals surface area contributed by atoms with Crippen LogP contribution in [0.25, 0.3) is 0 Å². The zero-order chi connectivity index (χ0) is 19.9. The molecule has 2 amide bonds. The van der Waals surface area contributed by atoms with Gasteiger partial charge in [0.1, 0.15) is 0 Å². The third-order valence-corrected chi connectivity index (χ3v) is 5.45. The summed E-state index contributed by atoms with van der Waals surface area (Å²) < 4.78 is 0. The highest BCUT2D eigenvalue weighted by Gasteiger charge is 2.38. The van der Waals surface area contributed by atoms with E-state index in [1.807, 2.05) is 25.1 Å². The molecule has 0 spiro atoms. The lowest BCUT2D eigenvalue weighted by molar-refractivity contribution is -0.172. The number of hydrogen-bond acceptors (Lipinski definition) is 3. The normalized spacial score (nSPS) is 14.9. The molecule has 0 unspecified atom stereocenters. The van der Waals surface area contributed by atoms with Crippen molar-refractivity contribution in [3.8, 4) is 0 Å². The van der Waals surface area contributed by atoms with Crippen LogP contribution in [0, 0.1) is 5.41 Å². The third-order valence-electron chi connectivity index (χ3n) is 5.45. The molecular weight excluding hydrogens is 340 g/mol. The molecule has 1 aliphatic heterocycles. The standard InChI is InChI=1S/C22H32N2O3/c1-4-22(2,3)20(26)21(27)24-17-11-10-16-23(24)19(25)15-9-8-14-18-12-6-5-7-13-18/h5-7,12-13H,4,8-11,14-17H2,1-3H3. The number of hydrazine groups is 1. The highest BCUT2D eigenvalue weighted by Crippen LogP contribution is 2.24. The van der Waals surface area contributed by atoms with Gasteiger partial charge in [0.2, 0.25) is 11.7 Å². The largest absolute Gasteiger partial charge is 0.309 e. The van der Waals surface area contributed by atoms with E-state index in [0.717, 1.165) is 32.1 Å². The molecule has 1 aromatic rings. The number of rotatable bonds is 8. The Morgan fingerprint density at radius 1 is 0.963 bits per heavy atom. The smallest absolute Gasteiger partial charge is 0.288 e. The number of ketones is 1. The molecule has 5 nitrogen and oxygen atoms in total. The van der Waals surface area contributed by atoms with Crippen LogP contribution in [-0.2, 0) is 20.8 Å². The van der Waals surface area contributed by atoms with E-state index in [-0.39, 0.29) is 5.91 Å². The second-order valence-corrected chi connectivity index (χ2v) is 7.91. The van der Waals surface area contributed by atoms with Crippen molar-refractivity contribution < 1.29 is 14.4 Å². The summed E-state index contributed by atoms with van der Waals surface area (Å²) in [6, 6.07) is 10.2. The van der Waals surface area contributed by atoms with Crippen LogP contribution in [-0.4, -0.2) is 40.7 Å². The fourth-order valence-electron chi connectivity index (χ4n) is 3.18. The second kappa shape index (κ2) is 9.67. The minimum Gasteiger partial charge on any atom is -0.288 e. The predicted octanol–water partition coefficient (Wildman–Crippen LogP) is 3.77. The fourth-order valence-corrected chi connectivity index (χ4v) is 3.18. The number of hydrogen-bond donors (Lipinski definition) is 0. The quantitative estimate of drug-likeness (QED) is 0.515. The molecular formula is C22H32N2O3. The Morgan fingerprint density at radius 3 is 2.22 bits per heavy atom. The minimum atomic E-state index is -0.696. The number of nitrogens with zero attached hydrogens (tertiary/aromatic N) is 2. The molecule has 1 aromatic carbocycles.